The fourth-order valence-electron chi connectivity index (χ4n) is 3.48. The molecule has 1 saturated carbocycles. The molecule has 1 aromatic heterocycles. The van der Waals surface area contributed by atoms with E-state index in [4.69, 9.17) is 9.47 Å². The Morgan fingerprint density at radius 3 is 2.74 bits per heavy atom. The molecule has 1 unspecified atom stereocenters. The predicted molar refractivity (Wildman–Crippen MR) is 82.9 cm³/mol. The highest BCUT2D eigenvalue weighted by Crippen LogP contribution is 2.38. The molecule has 124 valence electrons. The number of carbonyl (C=O) groups is 1. The highest BCUT2D eigenvalue weighted by atomic mass is 16.6. The van der Waals surface area contributed by atoms with E-state index in [1.807, 2.05) is 4.90 Å². The molecule has 3 aliphatic rings. The second-order valence-electron chi connectivity index (χ2n) is 6.96. The Bertz CT molecular complexity index is 553. The summed E-state index contributed by atoms with van der Waals surface area (Å²) in [6, 6.07) is 1.72. The molecule has 1 aliphatic carbocycles. The molecule has 2 saturated heterocycles. The predicted octanol–water partition coefficient (Wildman–Crippen LogP) is 1.67. The topological polar surface area (TPSA) is 64.6 Å². The third-order valence-electron chi connectivity index (χ3n) is 5.16. The van der Waals surface area contributed by atoms with Gasteiger partial charge in [-0.25, -0.2) is 9.97 Å². The number of piperidine rings is 1. The van der Waals surface area contributed by atoms with Gasteiger partial charge in [-0.15, -0.1) is 0 Å². The first kappa shape index (κ1) is 15.0. The molecule has 1 atom stereocenters. The van der Waals surface area contributed by atoms with Crippen LogP contribution >= 0.6 is 0 Å². The van der Waals surface area contributed by atoms with Gasteiger partial charge in [0.1, 0.15) is 0 Å². The van der Waals surface area contributed by atoms with Crippen LogP contribution in [0.25, 0.3) is 0 Å². The number of hydrogen-bond donors (Lipinski definition) is 0. The molecule has 1 amide bonds. The van der Waals surface area contributed by atoms with Gasteiger partial charge < -0.3 is 14.4 Å². The van der Waals surface area contributed by atoms with Crippen molar-refractivity contribution in [3.05, 3.63) is 24.3 Å². The number of likely N-dealkylation sites (tertiary alicyclic amines) is 1. The normalized spacial score (nSPS) is 26.6. The average molecular weight is 317 g/mol. The Morgan fingerprint density at radius 2 is 2.04 bits per heavy atom. The lowest BCUT2D eigenvalue weighted by Gasteiger charge is -2.38. The standard InChI is InChI=1S/C17H23N3O3/c21-16(15-18-6-1-7-19-15)20-8-4-17(5-9-20)10-14(12-23-17)22-11-13-2-3-13/h1,6-7,13-14H,2-5,8-12H2. The largest absolute Gasteiger partial charge is 0.375 e. The fraction of sp³-hybridized carbons (Fsp3) is 0.706. The molecular weight excluding hydrogens is 294 g/mol. The molecule has 1 spiro atoms. The number of aromatic nitrogens is 2. The van der Waals surface area contributed by atoms with Crippen LogP contribution in [0.4, 0.5) is 0 Å². The van der Waals surface area contributed by atoms with Crippen molar-refractivity contribution in [1.82, 2.24) is 14.9 Å². The minimum absolute atomic E-state index is 0.0834. The quantitative estimate of drug-likeness (QED) is 0.845. The van der Waals surface area contributed by atoms with Crippen LogP contribution in [0.1, 0.15) is 42.7 Å². The van der Waals surface area contributed by atoms with E-state index >= 15 is 0 Å². The zero-order valence-corrected chi connectivity index (χ0v) is 13.3. The van der Waals surface area contributed by atoms with E-state index in [1.165, 1.54) is 12.8 Å². The Labute approximate surface area is 136 Å². The highest BCUT2D eigenvalue weighted by Gasteiger charge is 2.44. The van der Waals surface area contributed by atoms with Crippen molar-refractivity contribution < 1.29 is 14.3 Å². The van der Waals surface area contributed by atoms with Gasteiger partial charge in [0.25, 0.3) is 5.91 Å². The SMILES string of the molecule is O=C(c1ncccn1)N1CCC2(CC1)CC(OCC1CC1)CO2. The Hall–Kier alpha value is -1.53. The maximum atomic E-state index is 12.4. The van der Waals surface area contributed by atoms with Crippen LogP contribution < -0.4 is 0 Å². The summed E-state index contributed by atoms with van der Waals surface area (Å²) in [4.78, 5) is 22.3. The van der Waals surface area contributed by atoms with Gasteiger partial charge in [-0.1, -0.05) is 0 Å². The van der Waals surface area contributed by atoms with Crippen LogP contribution in [0, 0.1) is 5.92 Å². The smallest absolute Gasteiger partial charge is 0.291 e. The summed E-state index contributed by atoms with van der Waals surface area (Å²) in [5.74, 6) is 0.985. The van der Waals surface area contributed by atoms with Gasteiger partial charge in [0.15, 0.2) is 0 Å². The highest BCUT2D eigenvalue weighted by molar-refractivity contribution is 5.90. The van der Waals surface area contributed by atoms with Gasteiger partial charge >= 0.3 is 0 Å². The van der Waals surface area contributed by atoms with Crippen LogP contribution in [0.5, 0.6) is 0 Å². The van der Waals surface area contributed by atoms with Gasteiger partial charge in [-0.05, 0) is 37.7 Å². The molecule has 3 heterocycles. The number of hydrogen-bond acceptors (Lipinski definition) is 5. The summed E-state index contributed by atoms with van der Waals surface area (Å²) in [6.45, 7) is 2.99. The molecule has 1 aromatic rings. The lowest BCUT2D eigenvalue weighted by Crippen LogP contribution is -2.47. The van der Waals surface area contributed by atoms with Gasteiger partial charge in [-0.3, -0.25) is 4.79 Å². The van der Waals surface area contributed by atoms with Crippen LogP contribution in [0.3, 0.4) is 0 Å². The van der Waals surface area contributed by atoms with Gasteiger partial charge in [-0.2, -0.15) is 0 Å². The first-order valence-corrected chi connectivity index (χ1v) is 8.56. The van der Waals surface area contributed by atoms with Crippen molar-refractivity contribution in [3.8, 4) is 0 Å². The summed E-state index contributed by atoms with van der Waals surface area (Å²) >= 11 is 0. The van der Waals surface area contributed by atoms with E-state index in [-0.39, 0.29) is 23.4 Å². The maximum absolute atomic E-state index is 12.4. The molecule has 0 N–H and O–H groups in total. The van der Waals surface area contributed by atoms with Crippen molar-refractivity contribution in [2.24, 2.45) is 5.92 Å². The molecule has 6 nitrogen and oxygen atoms in total. The van der Waals surface area contributed by atoms with E-state index in [0.29, 0.717) is 19.7 Å². The van der Waals surface area contributed by atoms with E-state index in [9.17, 15) is 4.79 Å². The fourth-order valence-corrected chi connectivity index (χ4v) is 3.48. The maximum Gasteiger partial charge on any atom is 0.291 e. The molecular formula is C17H23N3O3. The molecule has 4 rings (SSSR count). The Kier molecular flexibility index (Phi) is 4.03. The van der Waals surface area contributed by atoms with Crippen molar-refractivity contribution in [2.75, 3.05) is 26.3 Å². The monoisotopic (exact) mass is 317 g/mol. The molecule has 0 radical (unpaired) electrons. The second kappa shape index (κ2) is 6.17. The van der Waals surface area contributed by atoms with Crippen molar-refractivity contribution in [1.29, 1.82) is 0 Å². The third-order valence-corrected chi connectivity index (χ3v) is 5.16. The number of rotatable bonds is 4. The molecule has 3 fully saturated rings. The first-order valence-electron chi connectivity index (χ1n) is 8.56. The molecule has 23 heavy (non-hydrogen) atoms. The number of ether oxygens (including phenoxy) is 2. The molecule has 0 bridgehead atoms. The summed E-state index contributed by atoms with van der Waals surface area (Å²) in [6.07, 6.45) is 8.78. The summed E-state index contributed by atoms with van der Waals surface area (Å²) in [7, 11) is 0. The first-order chi connectivity index (χ1) is 11.2. The van der Waals surface area contributed by atoms with Crippen molar-refractivity contribution in [3.63, 3.8) is 0 Å². The zero-order valence-electron chi connectivity index (χ0n) is 13.3. The number of carbonyl (C=O) groups excluding carboxylic acids is 1. The average Bonchev–Trinajstić information content (AvgIpc) is 3.36. The van der Waals surface area contributed by atoms with Crippen LogP contribution in [-0.2, 0) is 9.47 Å². The van der Waals surface area contributed by atoms with Gasteiger partial charge in [0.05, 0.1) is 18.3 Å². The minimum Gasteiger partial charge on any atom is -0.375 e. The lowest BCUT2D eigenvalue weighted by atomic mass is 9.88. The molecule has 2 aliphatic heterocycles. The molecule has 0 aromatic carbocycles. The van der Waals surface area contributed by atoms with Crippen molar-refractivity contribution in [2.45, 2.75) is 43.8 Å². The summed E-state index contributed by atoms with van der Waals surface area (Å²) in [5.41, 5.74) is -0.0947. The van der Waals surface area contributed by atoms with E-state index in [1.54, 1.807) is 18.5 Å². The Morgan fingerprint density at radius 1 is 1.30 bits per heavy atom. The Balaban J connectivity index is 1.29. The summed E-state index contributed by atoms with van der Waals surface area (Å²) < 4.78 is 12.1. The van der Waals surface area contributed by atoms with Gasteiger partial charge in [0.2, 0.25) is 5.82 Å². The van der Waals surface area contributed by atoms with Crippen LogP contribution in [0.2, 0.25) is 0 Å². The zero-order chi connectivity index (χ0) is 15.7. The van der Waals surface area contributed by atoms with Crippen molar-refractivity contribution >= 4 is 5.91 Å². The van der Waals surface area contributed by atoms with Crippen LogP contribution in [-0.4, -0.2) is 58.8 Å². The molecule has 6 heteroatoms. The number of amides is 1. The van der Waals surface area contributed by atoms with E-state index in [0.717, 1.165) is 31.8 Å². The van der Waals surface area contributed by atoms with E-state index in [2.05, 4.69) is 9.97 Å². The summed E-state index contributed by atoms with van der Waals surface area (Å²) in [5, 5.41) is 0. The minimum atomic E-state index is -0.0947. The van der Waals surface area contributed by atoms with Crippen LogP contribution in [0.15, 0.2) is 18.5 Å². The second-order valence-corrected chi connectivity index (χ2v) is 6.96. The third kappa shape index (κ3) is 3.38. The van der Waals surface area contributed by atoms with E-state index < -0.39 is 0 Å². The van der Waals surface area contributed by atoms with Gasteiger partial charge in [0, 0.05) is 38.5 Å². The number of nitrogens with zero attached hydrogens (tertiary/aromatic N) is 3. The lowest BCUT2D eigenvalue weighted by molar-refractivity contribution is -0.0412.